The summed E-state index contributed by atoms with van der Waals surface area (Å²) in [7, 11) is 0. The van der Waals surface area contributed by atoms with Gasteiger partial charge in [-0.15, -0.1) is 0 Å². The van der Waals surface area contributed by atoms with Crippen LogP contribution in [0.1, 0.15) is 0 Å². The first-order valence-corrected chi connectivity index (χ1v) is 5.24. The third-order valence-electron chi connectivity index (χ3n) is 1.06. The largest absolute Gasteiger partial charge is 0.0826 e. The van der Waals surface area contributed by atoms with Crippen molar-refractivity contribution < 1.29 is 0 Å². The molecule has 1 aromatic rings. The van der Waals surface area contributed by atoms with Crippen LogP contribution >= 0.6 is 66.7 Å². The molecular formula is C6HBr2Cl3. The molecule has 11 heavy (non-hydrogen) atoms. The van der Waals surface area contributed by atoms with Crippen LogP contribution in [0.2, 0.25) is 15.1 Å². The SMILES string of the molecule is Clc1cc(Br)c(Br)c(Cl)c1Cl. The van der Waals surface area contributed by atoms with E-state index >= 15 is 0 Å². The molecular weight excluding hydrogens is 338 g/mol. The lowest BCUT2D eigenvalue weighted by molar-refractivity contribution is 1.59. The van der Waals surface area contributed by atoms with Gasteiger partial charge in [0.25, 0.3) is 0 Å². The van der Waals surface area contributed by atoms with Crippen molar-refractivity contribution in [1.82, 2.24) is 0 Å². The van der Waals surface area contributed by atoms with Gasteiger partial charge in [0.05, 0.1) is 19.5 Å². The fraction of sp³-hybridized carbons (Fsp3) is 0. The lowest BCUT2D eigenvalue weighted by Crippen LogP contribution is -1.76. The molecule has 0 fully saturated rings. The number of hydrogen-bond acceptors (Lipinski definition) is 0. The Morgan fingerprint density at radius 1 is 1.00 bits per heavy atom. The van der Waals surface area contributed by atoms with Crippen LogP contribution in [-0.4, -0.2) is 0 Å². The van der Waals surface area contributed by atoms with E-state index in [4.69, 9.17) is 34.8 Å². The molecule has 0 unspecified atom stereocenters. The minimum absolute atomic E-state index is 0.364. The average molecular weight is 339 g/mol. The zero-order chi connectivity index (χ0) is 8.59. The van der Waals surface area contributed by atoms with Crippen LogP contribution in [0.3, 0.4) is 0 Å². The summed E-state index contributed by atoms with van der Waals surface area (Å²) in [4.78, 5) is 0. The molecule has 0 saturated heterocycles. The maximum Gasteiger partial charge on any atom is 0.0790 e. The first-order chi connectivity index (χ1) is 5.04. The Bertz CT molecular complexity index is 272. The van der Waals surface area contributed by atoms with E-state index in [-0.39, 0.29) is 0 Å². The molecule has 0 amide bonds. The molecule has 1 aromatic carbocycles. The molecule has 0 aliphatic heterocycles. The Kier molecular flexibility index (Phi) is 3.54. The second-order valence-electron chi connectivity index (χ2n) is 1.78. The van der Waals surface area contributed by atoms with E-state index in [1.807, 2.05) is 0 Å². The quantitative estimate of drug-likeness (QED) is 0.452. The molecule has 0 heterocycles. The highest BCUT2D eigenvalue weighted by Crippen LogP contribution is 2.40. The highest BCUT2D eigenvalue weighted by atomic mass is 79.9. The van der Waals surface area contributed by atoms with Crippen LogP contribution in [0.4, 0.5) is 0 Å². The lowest BCUT2D eigenvalue weighted by atomic mass is 10.4. The summed E-state index contributed by atoms with van der Waals surface area (Å²) in [6.45, 7) is 0. The average Bonchev–Trinajstić information content (AvgIpc) is 1.97. The maximum atomic E-state index is 5.79. The number of benzene rings is 1. The molecule has 0 aromatic heterocycles. The van der Waals surface area contributed by atoms with E-state index in [1.165, 1.54) is 0 Å². The highest BCUT2D eigenvalue weighted by Gasteiger charge is 2.10. The second-order valence-corrected chi connectivity index (χ2v) is 4.59. The number of rotatable bonds is 0. The van der Waals surface area contributed by atoms with E-state index in [2.05, 4.69) is 31.9 Å². The summed E-state index contributed by atoms with van der Waals surface area (Å²) in [5.74, 6) is 0. The smallest absolute Gasteiger partial charge is 0.0790 e. The molecule has 0 aliphatic rings. The molecule has 0 saturated carbocycles. The van der Waals surface area contributed by atoms with Gasteiger partial charge in [0, 0.05) is 4.47 Å². The van der Waals surface area contributed by atoms with E-state index in [9.17, 15) is 0 Å². The van der Waals surface area contributed by atoms with Gasteiger partial charge >= 0.3 is 0 Å². The van der Waals surface area contributed by atoms with Gasteiger partial charge in [0.15, 0.2) is 0 Å². The molecule has 1 rings (SSSR count). The van der Waals surface area contributed by atoms with Gasteiger partial charge in [-0.05, 0) is 37.9 Å². The highest BCUT2D eigenvalue weighted by molar-refractivity contribution is 9.13. The molecule has 60 valence electrons. The van der Waals surface area contributed by atoms with Gasteiger partial charge in [0.2, 0.25) is 0 Å². The summed E-state index contributed by atoms with van der Waals surface area (Å²) in [5, 5.41) is 1.22. The van der Waals surface area contributed by atoms with Crippen molar-refractivity contribution in [3.8, 4) is 0 Å². The van der Waals surface area contributed by atoms with Gasteiger partial charge in [-0.1, -0.05) is 34.8 Å². The second kappa shape index (κ2) is 3.84. The fourth-order valence-corrected chi connectivity index (χ4v) is 2.25. The summed E-state index contributed by atoms with van der Waals surface area (Å²) in [6, 6.07) is 1.68. The summed E-state index contributed by atoms with van der Waals surface area (Å²) < 4.78 is 1.51. The molecule has 0 radical (unpaired) electrons. The summed E-state index contributed by atoms with van der Waals surface area (Å²) in [5.41, 5.74) is 0. The van der Waals surface area contributed by atoms with Crippen molar-refractivity contribution >= 4 is 66.7 Å². The van der Waals surface area contributed by atoms with Crippen molar-refractivity contribution in [2.75, 3.05) is 0 Å². The Hall–Kier alpha value is 1.05. The molecule has 0 bridgehead atoms. The monoisotopic (exact) mass is 336 g/mol. The van der Waals surface area contributed by atoms with Gasteiger partial charge in [-0.25, -0.2) is 0 Å². The Morgan fingerprint density at radius 3 is 2.09 bits per heavy atom. The molecule has 0 nitrogen and oxygen atoms in total. The topological polar surface area (TPSA) is 0 Å². The third-order valence-corrected chi connectivity index (χ3v) is 4.53. The van der Waals surface area contributed by atoms with Crippen LogP contribution in [0, 0.1) is 0 Å². The Balaban J connectivity index is 3.46. The van der Waals surface area contributed by atoms with Crippen LogP contribution in [0.5, 0.6) is 0 Å². The molecule has 5 heteroatoms. The van der Waals surface area contributed by atoms with Crippen LogP contribution in [-0.2, 0) is 0 Å². The van der Waals surface area contributed by atoms with Gasteiger partial charge in [0.1, 0.15) is 0 Å². The number of halogens is 5. The van der Waals surface area contributed by atoms with Crippen molar-refractivity contribution in [3.05, 3.63) is 30.1 Å². The first kappa shape index (κ1) is 10.1. The molecule has 0 atom stereocenters. The van der Waals surface area contributed by atoms with Crippen molar-refractivity contribution in [1.29, 1.82) is 0 Å². The molecule has 0 spiro atoms. The van der Waals surface area contributed by atoms with Crippen LogP contribution in [0.25, 0.3) is 0 Å². The Labute approximate surface area is 96.1 Å². The fourth-order valence-electron chi connectivity index (χ4n) is 0.544. The normalized spacial score (nSPS) is 10.3. The van der Waals surface area contributed by atoms with Crippen molar-refractivity contribution in [2.24, 2.45) is 0 Å². The van der Waals surface area contributed by atoms with E-state index in [1.54, 1.807) is 6.07 Å². The zero-order valence-corrected chi connectivity index (χ0v) is 10.4. The minimum Gasteiger partial charge on any atom is -0.0826 e. The van der Waals surface area contributed by atoms with Crippen LogP contribution < -0.4 is 0 Å². The van der Waals surface area contributed by atoms with Crippen LogP contribution in [0.15, 0.2) is 15.0 Å². The number of hydrogen-bond donors (Lipinski definition) is 0. The predicted octanol–water partition coefficient (Wildman–Crippen LogP) is 5.17. The molecule has 0 N–H and O–H groups in total. The van der Waals surface area contributed by atoms with E-state index < -0.39 is 0 Å². The summed E-state index contributed by atoms with van der Waals surface area (Å²) >= 11 is 23.8. The zero-order valence-electron chi connectivity index (χ0n) is 4.97. The standard InChI is InChI=1S/C6HBr2Cl3/c7-2-1-3(9)5(10)6(11)4(2)8/h1H. The predicted molar refractivity (Wildman–Crippen MR) is 56.9 cm³/mol. The van der Waals surface area contributed by atoms with E-state index in [0.717, 1.165) is 4.47 Å². The first-order valence-electron chi connectivity index (χ1n) is 2.52. The van der Waals surface area contributed by atoms with Gasteiger partial charge < -0.3 is 0 Å². The van der Waals surface area contributed by atoms with E-state index in [0.29, 0.717) is 19.5 Å². The van der Waals surface area contributed by atoms with Crippen molar-refractivity contribution in [3.63, 3.8) is 0 Å². The lowest BCUT2D eigenvalue weighted by Gasteiger charge is -2.03. The van der Waals surface area contributed by atoms with Gasteiger partial charge in [-0.2, -0.15) is 0 Å². The van der Waals surface area contributed by atoms with Gasteiger partial charge in [-0.3, -0.25) is 0 Å². The third kappa shape index (κ3) is 2.04. The van der Waals surface area contributed by atoms with Crippen molar-refractivity contribution in [2.45, 2.75) is 0 Å². The summed E-state index contributed by atoms with van der Waals surface area (Å²) in [6.07, 6.45) is 0. The molecule has 0 aliphatic carbocycles. The Morgan fingerprint density at radius 2 is 1.55 bits per heavy atom. The maximum absolute atomic E-state index is 5.79. The minimum atomic E-state index is 0.364.